The summed E-state index contributed by atoms with van der Waals surface area (Å²) < 4.78 is 23.3. The summed E-state index contributed by atoms with van der Waals surface area (Å²) >= 11 is 0. The van der Waals surface area contributed by atoms with Crippen LogP contribution < -0.4 is 5.32 Å². The number of fused-ring (bicyclic) bond motifs is 1. The van der Waals surface area contributed by atoms with Crippen molar-refractivity contribution in [3.05, 3.63) is 70.8 Å². The Bertz CT molecular complexity index is 966. The van der Waals surface area contributed by atoms with Crippen LogP contribution in [0.3, 0.4) is 0 Å². The van der Waals surface area contributed by atoms with Gasteiger partial charge in [-0.25, -0.2) is 8.42 Å². The molecular formula is C22H23NO3S. The van der Waals surface area contributed by atoms with Crippen molar-refractivity contribution >= 4 is 15.7 Å². The second-order valence-corrected chi connectivity index (χ2v) is 10.4. The van der Waals surface area contributed by atoms with Crippen molar-refractivity contribution in [2.45, 2.75) is 24.7 Å². The van der Waals surface area contributed by atoms with Crippen LogP contribution in [0.5, 0.6) is 0 Å². The lowest BCUT2D eigenvalue weighted by Gasteiger charge is -2.45. The lowest BCUT2D eigenvalue weighted by molar-refractivity contribution is -0.124. The molecule has 0 spiro atoms. The SMILES string of the molecule is O=C(NCC1CC2c3ccccc3C1c1ccccc12)C1CCS(=O)(=O)C1. The van der Waals surface area contributed by atoms with E-state index in [0.29, 0.717) is 30.7 Å². The van der Waals surface area contributed by atoms with Gasteiger partial charge in [-0.2, -0.15) is 0 Å². The maximum absolute atomic E-state index is 12.5. The minimum Gasteiger partial charge on any atom is -0.356 e. The van der Waals surface area contributed by atoms with Crippen LogP contribution in [0, 0.1) is 11.8 Å². The highest BCUT2D eigenvalue weighted by molar-refractivity contribution is 7.91. The number of nitrogens with one attached hydrogen (secondary N) is 1. The van der Waals surface area contributed by atoms with Crippen LogP contribution in [0.15, 0.2) is 48.5 Å². The summed E-state index contributed by atoms with van der Waals surface area (Å²) in [5, 5.41) is 3.08. The summed E-state index contributed by atoms with van der Waals surface area (Å²) in [4.78, 5) is 12.5. The van der Waals surface area contributed by atoms with Gasteiger partial charge in [0, 0.05) is 18.4 Å². The number of benzene rings is 2. The van der Waals surface area contributed by atoms with Crippen molar-refractivity contribution in [2.24, 2.45) is 11.8 Å². The van der Waals surface area contributed by atoms with Crippen LogP contribution in [0.1, 0.15) is 46.9 Å². The predicted molar refractivity (Wildman–Crippen MR) is 104 cm³/mol. The van der Waals surface area contributed by atoms with E-state index in [2.05, 4.69) is 53.8 Å². The Morgan fingerprint density at radius 2 is 1.56 bits per heavy atom. The molecule has 0 radical (unpaired) electrons. The van der Waals surface area contributed by atoms with E-state index in [1.807, 2.05) is 0 Å². The average Bonchev–Trinajstić information content (AvgIpc) is 3.06. The molecule has 140 valence electrons. The average molecular weight is 381 g/mol. The van der Waals surface area contributed by atoms with Gasteiger partial charge in [-0.05, 0) is 41.0 Å². The topological polar surface area (TPSA) is 63.2 Å². The van der Waals surface area contributed by atoms with Gasteiger partial charge in [-0.15, -0.1) is 0 Å². The Balaban J connectivity index is 1.39. The number of hydrogen-bond acceptors (Lipinski definition) is 3. The van der Waals surface area contributed by atoms with Gasteiger partial charge >= 0.3 is 0 Å². The predicted octanol–water partition coefficient (Wildman–Crippen LogP) is 2.83. The van der Waals surface area contributed by atoms with E-state index in [1.54, 1.807) is 0 Å². The molecule has 0 aromatic heterocycles. The minimum absolute atomic E-state index is 0.00121. The smallest absolute Gasteiger partial charge is 0.224 e. The summed E-state index contributed by atoms with van der Waals surface area (Å²) in [6, 6.07) is 17.3. The summed E-state index contributed by atoms with van der Waals surface area (Å²) in [6.07, 6.45) is 1.48. The number of hydrogen-bond donors (Lipinski definition) is 1. The van der Waals surface area contributed by atoms with Gasteiger partial charge < -0.3 is 5.32 Å². The Hall–Kier alpha value is -2.14. The minimum atomic E-state index is -3.03. The van der Waals surface area contributed by atoms with Crippen molar-refractivity contribution in [3.63, 3.8) is 0 Å². The van der Waals surface area contributed by atoms with E-state index < -0.39 is 9.84 Å². The highest BCUT2D eigenvalue weighted by Crippen LogP contribution is 2.55. The molecule has 0 saturated carbocycles. The Labute approximate surface area is 159 Å². The molecule has 4 aliphatic rings. The number of rotatable bonds is 3. The highest BCUT2D eigenvalue weighted by Gasteiger charge is 2.43. The van der Waals surface area contributed by atoms with Crippen molar-refractivity contribution in [1.82, 2.24) is 5.32 Å². The zero-order chi connectivity index (χ0) is 18.6. The molecule has 2 aromatic carbocycles. The fourth-order valence-electron chi connectivity index (χ4n) is 5.34. The number of carbonyl (C=O) groups is 1. The molecule has 5 heteroatoms. The third kappa shape index (κ3) is 2.80. The third-order valence-corrected chi connectivity index (χ3v) is 8.33. The molecular weight excluding hydrogens is 358 g/mol. The summed E-state index contributed by atoms with van der Waals surface area (Å²) in [5.41, 5.74) is 5.61. The first kappa shape index (κ1) is 17.0. The van der Waals surface area contributed by atoms with Gasteiger partial charge in [0.25, 0.3) is 0 Å². The Morgan fingerprint density at radius 1 is 0.963 bits per heavy atom. The van der Waals surface area contributed by atoms with Gasteiger partial charge in [0.1, 0.15) is 0 Å². The first-order valence-electron chi connectivity index (χ1n) is 9.69. The second kappa shape index (κ2) is 6.20. The van der Waals surface area contributed by atoms with Crippen LogP contribution in [-0.4, -0.2) is 32.4 Å². The van der Waals surface area contributed by atoms with Gasteiger partial charge in [0.15, 0.2) is 9.84 Å². The van der Waals surface area contributed by atoms with E-state index in [-0.39, 0.29) is 23.3 Å². The van der Waals surface area contributed by atoms with Crippen molar-refractivity contribution in [3.8, 4) is 0 Å². The van der Waals surface area contributed by atoms with Gasteiger partial charge in [0.05, 0.1) is 17.4 Å². The number of amides is 1. The van der Waals surface area contributed by atoms with Crippen molar-refractivity contribution in [2.75, 3.05) is 18.1 Å². The lowest BCUT2D eigenvalue weighted by Crippen LogP contribution is -2.41. The molecule has 1 amide bonds. The summed E-state index contributed by atoms with van der Waals surface area (Å²) in [7, 11) is -3.03. The zero-order valence-corrected chi connectivity index (χ0v) is 15.9. The van der Waals surface area contributed by atoms with E-state index in [0.717, 1.165) is 6.42 Å². The first-order valence-corrected chi connectivity index (χ1v) is 11.5. The zero-order valence-electron chi connectivity index (χ0n) is 15.1. The number of carbonyl (C=O) groups excluding carboxylic acids is 1. The van der Waals surface area contributed by atoms with Crippen LogP contribution in [0.25, 0.3) is 0 Å². The molecule has 1 heterocycles. The van der Waals surface area contributed by atoms with E-state index in [1.165, 1.54) is 22.3 Å². The highest BCUT2D eigenvalue weighted by atomic mass is 32.2. The van der Waals surface area contributed by atoms with E-state index in [4.69, 9.17) is 0 Å². The van der Waals surface area contributed by atoms with Crippen molar-refractivity contribution < 1.29 is 13.2 Å². The molecule has 2 bridgehead atoms. The molecule has 4 nitrogen and oxygen atoms in total. The van der Waals surface area contributed by atoms with Gasteiger partial charge in [0.2, 0.25) is 5.91 Å². The fraction of sp³-hybridized carbons (Fsp3) is 0.409. The lowest BCUT2D eigenvalue weighted by atomic mass is 9.59. The Morgan fingerprint density at radius 3 is 2.11 bits per heavy atom. The second-order valence-electron chi connectivity index (χ2n) is 8.13. The molecule has 1 fully saturated rings. The normalized spacial score (nSPS) is 29.8. The summed E-state index contributed by atoms with van der Waals surface area (Å²) in [5.74, 6) is 0.698. The standard InChI is InChI=1S/C22H23NO3S/c24-22(14-9-10-27(25,26)13-14)23-12-15-11-20-16-5-1-3-7-18(16)21(15)19-8-4-2-6-17(19)20/h1-8,14-15,20-21H,9-13H2,(H,23,24). The first-order chi connectivity index (χ1) is 13.0. The van der Waals surface area contributed by atoms with Crippen LogP contribution in [0.2, 0.25) is 0 Å². The fourth-order valence-corrected chi connectivity index (χ4v) is 7.08. The number of sulfone groups is 1. The van der Waals surface area contributed by atoms with Crippen LogP contribution in [0.4, 0.5) is 0 Å². The van der Waals surface area contributed by atoms with Crippen LogP contribution in [-0.2, 0) is 14.6 Å². The maximum atomic E-state index is 12.5. The molecule has 27 heavy (non-hydrogen) atoms. The monoisotopic (exact) mass is 381 g/mol. The summed E-state index contributed by atoms with van der Waals surface area (Å²) in [6.45, 7) is 0.610. The molecule has 1 N–H and O–H groups in total. The molecule has 2 unspecified atom stereocenters. The largest absolute Gasteiger partial charge is 0.356 e. The van der Waals surface area contributed by atoms with Crippen molar-refractivity contribution in [1.29, 1.82) is 0 Å². The third-order valence-electron chi connectivity index (χ3n) is 6.56. The van der Waals surface area contributed by atoms with Gasteiger partial charge in [-0.1, -0.05) is 48.5 Å². The molecule has 1 saturated heterocycles. The molecule has 2 aromatic rings. The van der Waals surface area contributed by atoms with Gasteiger partial charge in [-0.3, -0.25) is 4.79 Å². The quantitative estimate of drug-likeness (QED) is 0.889. The van der Waals surface area contributed by atoms with E-state index in [9.17, 15) is 13.2 Å². The van der Waals surface area contributed by atoms with E-state index >= 15 is 0 Å². The molecule has 1 aliphatic heterocycles. The maximum Gasteiger partial charge on any atom is 0.224 e. The Kier molecular flexibility index (Phi) is 3.90. The molecule has 3 aliphatic carbocycles. The van der Waals surface area contributed by atoms with Crippen LogP contribution >= 0.6 is 0 Å². The molecule has 2 atom stereocenters. The molecule has 6 rings (SSSR count).